The highest BCUT2D eigenvalue weighted by molar-refractivity contribution is 6.05. The molecule has 13 nitrogen and oxygen atoms in total. The molecule has 2 aromatic rings. The molecule has 0 radical (unpaired) electrons. The zero-order valence-electron chi connectivity index (χ0n) is 17.2. The second kappa shape index (κ2) is 8.79. The Morgan fingerprint density at radius 3 is 2.12 bits per heavy atom. The van der Waals surface area contributed by atoms with Crippen LogP contribution in [-0.4, -0.2) is 95.2 Å². The number of benzene rings is 2. The molecular weight excluding hydrogens is 460 g/mol. The maximum absolute atomic E-state index is 13.3. The van der Waals surface area contributed by atoms with Crippen LogP contribution in [0, 0.1) is 0 Å². The molecule has 0 spiro atoms. The molecule has 0 saturated carbocycles. The van der Waals surface area contributed by atoms with Crippen molar-refractivity contribution in [1.82, 2.24) is 0 Å². The third kappa shape index (κ3) is 3.94. The van der Waals surface area contributed by atoms with Crippen LogP contribution in [0.15, 0.2) is 24.3 Å². The number of ether oxygens (including phenoxy) is 3. The highest BCUT2D eigenvalue weighted by atomic mass is 16.7. The monoisotopic (exact) mass is 482 g/mol. The summed E-state index contributed by atoms with van der Waals surface area (Å²) >= 11 is 0. The number of Topliss-reactive ketones (excluding diaryl/α,β-unsaturated/α-hetero) is 1. The Morgan fingerprint density at radius 2 is 1.50 bits per heavy atom. The summed E-state index contributed by atoms with van der Waals surface area (Å²) in [7, 11) is 0. The van der Waals surface area contributed by atoms with E-state index >= 15 is 0 Å². The maximum Gasteiger partial charge on any atom is 0.203 e. The van der Waals surface area contributed by atoms with Crippen molar-refractivity contribution in [2.45, 2.75) is 42.9 Å². The number of aliphatic hydroxyl groups excluding tert-OH is 4. The summed E-state index contributed by atoms with van der Waals surface area (Å²) in [6.07, 6.45) is -11.7. The molecule has 1 saturated heterocycles. The fourth-order valence-corrected chi connectivity index (χ4v) is 3.90. The molecule has 0 bridgehead atoms. The van der Waals surface area contributed by atoms with E-state index in [1.165, 1.54) is 0 Å². The van der Waals surface area contributed by atoms with Gasteiger partial charge in [-0.25, -0.2) is 0 Å². The van der Waals surface area contributed by atoms with Gasteiger partial charge in [0, 0.05) is 17.7 Å². The first-order valence-corrected chi connectivity index (χ1v) is 10.0. The van der Waals surface area contributed by atoms with Crippen molar-refractivity contribution >= 4 is 5.78 Å². The Morgan fingerprint density at radius 1 is 0.853 bits per heavy atom. The second-order valence-electron chi connectivity index (χ2n) is 7.90. The number of carbonyl (C=O) groups excluding carboxylic acids is 1. The minimum Gasteiger partial charge on any atom is -0.508 e. The standard InChI is InChI=1S/C21H22O13/c22-5-12-15(28)17(30)18(31)21(33-12)34-20-16(29)13-8(24)3-7(23)4-11(13)32-19(20)6-1-9(25)14(27)10(26)2-6/h1-4,12,15,17-28,30-31H,5H2/t12-,15+,17-,18-,19-,20-,21+/m1/s1. The number of hydrogen-bond acceptors (Lipinski definition) is 13. The molecule has 2 aliphatic rings. The normalized spacial score (nSPS) is 31.1. The first-order chi connectivity index (χ1) is 16.0. The van der Waals surface area contributed by atoms with Gasteiger partial charge in [-0.1, -0.05) is 0 Å². The van der Waals surface area contributed by atoms with Crippen LogP contribution in [-0.2, 0) is 9.47 Å². The average molecular weight is 482 g/mol. The summed E-state index contributed by atoms with van der Waals surface area (Å²) in [5.41, 5.74) is -0.486. The Balaban J connectivity index is 1.77. The van der Waals surface area contributed by atoms with Gasteiger partial charge in [-0.15, -0.1) is 0 Å². The van der Waals surface area contributed by atoms with Crippen molar-refractivity contribution in [3.8, 4) is 34.5 Å². The van der Waals surface area contributed by atoms with Crippen LogP contribution < -0.4 is 4.74 Å². The molecule has 2 aliphatic heterocycles. The lowest BCUT2D eigenvalue weighted by Crippen LogP contribution is -2.60. The van der Waals surface area contributed by atoms with E-state index in [4.69, 9.17) is 14.2 Å². The highest BCUT2D eigenvalue weighted by Crippen LogP contribution is 2.46. The smallest absolute Gasteiger partial charge is 0.203 e. The Hall–Kier alpha value is -3.33. The molecule has 9 N–H and O–H groups in total. The van der Waals surface area contributed by atoms with Crippen molar-refractivity contribution in [3.05, 3.63) is 35.4 Å². The summed E-state index contributed by atoms with van der Waals surface area (Å²) in [5, 5.41) is 89.2. The molecule has 34 heavy (non-hydrogen) atoms. The molecule has 184 valence electrons. The predicted octanol–water partition coefficient (Wildman–Crippen LogP) is -1.28. The van der Waals surface area contributed by atoms with Gasteiger partial charge in [-0.05, 0) is 12.1 Å². The first kappa shape index (κ1) is 23.8. The number of aromatic hydroxyl groups is 5. The number of phenols is 5. The van der Waals surface area contributed by atoms with Crippen LogP contribution in [0.2, 0.25) is 0 Å². The van der Waals surface area contributed by atoms with Gasteiger partial charge >= 0.3 is 0 Å². The van der Waals surface area contributed by atoms with E-state index in [1.807, 2.05) is 0 Å². The van der Waals surface area contributed by atoms with Gasteiger partial charge in [-0.2, -0.15) is 0 Å². The van der Waals surface area contributed by atoms with Crippen LogP contribution in [0.3, 0.4) is 0 Å². The number of rotatable bonds is 4. The van der Waals surface area contributed by atoms with Crippen LogP contribution in [0.25, 0.3) is 0 Å². The molecular formula is C21H22O13. The van der Waals surface area contributed by atoms with Gasteiger partial charge in [-0.3, -0.25) is 4.79 Å². The Kier molecular flexibility index (Phi) is 6.16. The maximum atomic E-state index is 13.3. The molecule has 7 atom stereocenters. The highest BCUT2D eigenvalue weighted by Gasteiger charge is 2.49. The van der Waals surface area contributed by atoms with Crippen molar-refractivity contribution in [2.24, 2.45) is 0 Å². The van der Waals surface area contributed by atoms with Gasteiger partial charge in [0.05, 0.1) is 6.61 Å². The van der Waals surface area contributed by atoms with E-state index in [2.05, 4.69) is 0 Å². The van der Waals surface area contributed by atoms with Gasteiger partial charge in [0.25, 0.3) is 0 Å². The molecule has 2 aromatic carbocycles. The van der Waals surface area contributed by atoms with E-state index in [1.54, 1.807) is 0 Å². The number of ketones is 1. The molecule has 0 unspecified atom stereocenters. The van der Waals surface area contributed by atoms with Crippen LogP contribution in [0.1, 0.15) is 22.0 Å². The number of fused-ring (bicyclic) bond motifs is 1. The number of hydrogen-bond donors (Lipinski definition) is 9. The van der Waals surface area contributed by atoms with Gasteiger partial charge in [0.1, 0.15) is 47.2 Å². The summed E-state index contributed by atoms with van der Waals surface area (Å²) in [5.74, 6) is -4.65. The minimum absolute atomic E-state index is 0.0933. The van der Waals surface area contributed by atoms with E-state index < -0.39 is 89.6 Å². The average Bonchev–Trinajstić information content (AvgIpc) is 2.78. The molecule has 0 amide bonds. The predicted molar refractivity (Wildman–Crippen MR) is 108 cm³/mol. The molecule has 13 heteroatoms. The quantitative estimate of drug-likeness (QED) is 0.232. The first-order valence-electron chi connectivity index (χ1n) is 10.0. The third-order valence-electron chi connectivity index (χ3n) is 5.65. The fraction of sp³-hybridized carbons (Fsp3) is 0.381. The number of carbonyl (C=O) groups is 1. The van der Waals surface area contributed by atoms with Crippen molar-refractivity contribution in [3.63, 3.8) is 0 Å². The SMILES string of the molecule is O=C1c2c(O)cc(O)cc2O[C@H](c2cc(O)c(O)c(O)c2)[C@@H]1O[C@@H]1O[C@H](CO)[C@H](O)[C@@H](O)[C@H]1O. The Labute approximate surface area is 190 Å². The van der Waals surface area contributed by atoms with Crippen molar-refractivity contribution < 1.29 is 65.0 Å². The molecule has 0 aromatic heterocycles. The number of aliphatic hydroxyl groups is 4. The Bertz CT molecular complexity index is 1080. The fourth-order valence-electron chi connectivity index (χ4n) is 3.90. The summed E-state index contributed by atoms with van der Waals surface area (Å²) in [6, 6.07) is 3.84. The molecule has 0 aliphatic carbocycles. The van der Waals surface area contributed by atoms with Crippen molar-refractivity contribution in [1.29, 1.82) is 0 Å². The molecule has 2 heterocycles. The molecule has 1 fully saturated rings. The summed E-state index contributed by atoms with van der Waals surface area (Å²) in [6.45, 7) is -0.758. The lowest BCUT2D eigenvalue weighted by molar-refractivity contribution is -0.311. The molecule has 4 rings (SSSR count). The third-order valence-corrected chi connectivity index (χ3v) is 5.65. The lowest BCUT2D eigenvalue weighted by Gasteiger charge is -2.42. The van der Waals surface area contributed by atoms with Gasteiger partial charge in [0.2, 0.25) is 5.78 Å². The minimum atomic E-state index is -1.87. The van der Waals surface area contributed by atoms with E-state index in [0.717, 1.165) is 24.3 Å². The van der Waals surface area contributed by atoms with Gasteiger partial charge < -0.3 is 60.2 Å². The second-order valence-corrected chi connectivity index (χ2v) is 7.90. The van der Waals surface area contributed by atoms with Gasteiger partial charge in [0.15, 0.2) is 35.7 Å². The van der Waals surface area contributed by atoms with Crippen LogP contribution in [0.5, 0.6) is 34.5 Å². The number of phenolic OH excluding ortho intramolecular Hbond substituents is 5. The van der Waals surface area contributed by atoms with Crippen molar-refractivity contribution in [2.75, 3.05) is 6.61 Å². The summed E-state index contributed by atoms with van der Waals surface area (Å²) < 4.78 is 16.6. The zero-order valence-corrected chi connectivity index (χ0v) is 17.2. The van der Waals surface area contributed by atoms with E-state index in [9.17, 15) is 50.8 Å². The lowest BCUT2D eigenvalue weighted by atomic mass is 9.91. The summed E-state index contributed by atoms with van der Waals surface area (Å²) in [4.78, 5) is 13.3. The van der Waals surface area contributed by atoms with Crippen LogP contribution >= 0.6 is 0 Å². The topological polar surface area (TPSA) is 227 Å². The van der Waals surface area contributed by atoms with E-state index in [-0.39, 0.29) is 11.3 Å². The van der Waals surface area contributed by atoms with E-state index in [0.29, 0.717) is 0 Å². The largest absolute Gasteiger partial charge is 0.508 e. The zero-order chi connectivity index (χ0) is 24.9. The van der Waals surface area contributed by atoms with Crippen LogP contribution in [0.4, 0.5) is 0 Å².